The molecule has 0 radical (unpaired) electrons. The Bertz CT molecular complexity index is 634. The van der Waals surface area contributed by atoms with Crippen molar-refractivity contribution in [3.05, 3.63) is 11.3 Å². The summed E-state index contributed by atoms with van der Waals surface area (Å²) in [4.78, 5) is 39.7. The molecule has 2 atom stereocenters. The minimum absolute atomic E-state index is 0.0942. The van der Waals surface area contributed by atoms with Crippen molar-refractivity contribution >= 4 is 17.6 Å². The zero-order valence-electron chi connectivity index (χ0n) is 15.9. The van der Waals surface area contributed by atoms with Gasteiger partial charge in [0.15, 0.2) is 11.5 Å². The number of hydrogen-bond acceptors (Lipinski definition) is 5. The molecule has 2 aliphatic carbocycles. The Morgan fingerprint density at radius 2 is 1.85 bits per heavy atom. The molecule has 2 unspecified atom stereocenters. The maximum absolute atomic E-state index is 13.2. The smallest absolute Gasteiger partial charge is 0.290 e. The number of rotatable bonds is 8. The van der Waals surface area contributed by atoms with Gasteiger partial charge in [-0.1, -0.05) is 39.0 Å². The first-order valence-corrected chi connectivity index (χ1v) is 10.2. The average molecular weight is 378 g/mol. The molecule has 0 saturated heterocycles. The van der Waals surface area contributed by atoms with Crippen LogP contribution in [0.25, 0.3) is 0 Å². The van der Waals surface area contributed by atoms with Gasteiger partial charge in [-0.2, -0.15) is 0 Å². The van der Waals surface area contributed by atoms with Gasteiger partial charge in [-0.3, -0.25) is 19.6 Å². The van der Waals surface area contributed by atoms with Crippen LogP contribution in [-0.2, 0) is 14.4 Å². The number of Topliss-reactive ketones (excluding diaryl/α,β-unsaturated/α-hetero) is 1. The molecule has 27 heavy (non-hydrogen) atoms. The van der Waals surface area contributed by atoms with E-state index in [-0.39, 0.29) is 23.2 Å². The fourth-order valence-electron chi connectivity index (χ4n) is 4.57. The molecule has 2 amide bonds. The molecule has 1 aliphatic heterocycles. The molecular formula is C20H30N2O5. The molecule has 1 heterocycles. The maximum Gasteiger partial charge on any atom is 0.290 e. The van der Waals surface area contributed by atoms with Crippen molar-refractivity contribution in [3.63, 3.8) is 0 Å². The third-order valence-electron chi connectivity index (χ3n) is 6.18. The maximum atomic E-state index is 13.2. The Kier molecular flexibility index (Phi) is 6.19. The van der Waals surface area contributed by atoms with Gasteiger partial charge >= 0.3 is 0 Å². The van der Waals surface area contributed by atoms with Gasteiger partial charge in [-0.15, -0.1) is 0 Å². The van der Waals surface area contributed by atoms with Crippen LogP contribution in [-0.4, -0.2) is 44.9 Å². The van der Waals surface area contributed by atoms with Crippen LogP contribution in [0.3, 0.4) is 0 Å². The number of unbranched alkanes of at least 4 members (excludes halogenated alkanes) is 1. The van der Waals surface area contributed by atoms with Crippen molar-refractivity contribution in [2.75, 3.05) is 0 Å². The molecule has 0 spiro atoms. The van der Waals surface area contributed by atoms with Crippen molar-refractivity contribution < 1.29 is 24.7 Å². The Labute approximate surface area is 159 Å². The molecule has 0 aromatic carbocycles. The number of aliphatic hydroxyl groups excluding tert-OH is 1. The second-order valence-corrected chi connectivity index (χ2v) is 8.09. The molecule has 2 saturated carbocycles. The highest BCUT2D eigenvalue weighted by atomic mass is 16.5. The van der Waals surface area contributed by atoms with E-state index in [9.17, 15) is 19.5 Å². The van der Waals surface area contributed by atoms with E-state index < -0.39 is 29.7 Å². The van der Waals surface area contributed by atoms with Crippen LogP contribution in [0.4, 0.5) is 0 Å². The first-order valence-electron chi connectivity index (χ1n) is 10.2. The van der Waals surface area contributed by atoms with Crippen molar-refractivity contribution in [3.8, 4) is 0 Å². The van der Waals surface area contributed by atoms with E-state index in [1.807, 2.05) is 6.92 Å². The van der Waals surface area contributed by atoms with E-state index in [0.717, 1.165) is 51.4 Å². The topological polar surface area (TPSA) is 107 Å². The number of amides is 2. The van der Waals surface area contributed by atoms with Crippen LogP contribution in [0.1, 0.15) is 71.1 Å². The number of nitrogens with zero attached hydrogens (tertiary/aromatic N) is 1. The molecule has 3 rings (SSSR count). The number of aliphatic hydroxyl groups is 1. The molecule has 2 fully saturated rings. The van der Waals surface area contributed by atoms with Gasteiger partial charge in [-0.25, -0.2) is 5.48 Å². The summed E-state index contributed by atoms with van der Waals surface area (Å²) in [6.45, 7) is 1.98. The van der Waals surface area contributed by atoms with Crippen molar-refractivity contribution in [2.24, 2.45) is 11.8 Å². The molecule has 0 aromatic rings. The van der Waals surface area contributed by atoms with Crippen molar-refractivity contribution in [1.29, 1.82) is 0 Å². The van der Waals surface area contributed by atoms with Crippen molar-refractivity contribution in [1.82, 2.24) is 10.4 Å². The van der Waals surface area contributed by atoms with Crippen LogP contribution in [0.5, 0.6) is 0 Å². The highest BCUT2D eigenvalue weighted by Gasteiger charge is 2.53. The average Bonchev–Trinajstić information content (AvgIpc) is 3.50. The summed E-state index contributed by atoms with van der Waals surface area (Å²) in [7, 11) is 0. The summed E-state index contributed by atoms with van der Waals surface area (Å²) < 4.78 is 0. The second-order valence-electron chi connectivity index (χ2n) is 8.09. The Balaban J connectivity index is 1.91. The highest BCUT2D eigenvalue weighted by Crippen LogP contribution is 2.45. The number of ketones is 1. The fourth-order valence-corrected chi connectivity index (χ4v) is 4.57. The molecule has 3 N–H and O–H groups in total. The molecule has 3 aliphatic rings. The molecule has 150 valence electrons. The zero-order chi connectivity index (χ0) is 19.6. The van der Waals surface area contributed by atoms with Gasteiger partial charge in [0, 0.05) is 5.92 Å². The van der Waals surface area contributed by atoms with Crippen LogP contribution < -0.4 is 5.48 Å². The van der Waals surface area contributed by atoms with E-state index >= 15 is 0 Å². The number of hydroxylamine groups is 1. The lowest BCUT2D eigenvalue weighted by Crippen LogP contribution is -2.52. The Morgan fingerprint density at radius 1 is 1.19 bits per heavy atom. The number of hydrogen-bond donors (Lipinski definition) is 3. The molecule has 7 nitrogen and oxygen atoms in total. The second kappa shape index (κ2) is 8.42. The monoisotopic (exact) mass is 378 g/mol. The third kappa shape index (κ3) is 3.88. The predicted octanol–water partition coefficient (Wildman–Crippen LogP) is 2.63. The normalized spacial score (nSPS) is 25.0. The third-order valence-corrected chi connectivity index (χ3v) is 6.18. The van der Waals surface area contributed by atoms with Crippen molar-refractivity contribution in [2.45, 2.75) is 83.2 Å². The largest absolute Gasteiger partial charge is 0.503 e. The van der Waals surface area contributed by atoms with E-state index in [1.54, 1.807) is 5.48 Å². The summed E-state index contributed by atoms with van der Waals surface area (Å²) >= 11 is 0. The van der Waals surface area contributed by atoms with Gasteiger partial charge in [0.25, 0.3) is 11.8 Å². The van der Waals surface area contributed by atoms with Crippen LogP contribution in [0.2, 0.25) is 0 Å². The summed E-state index contributed by atoms with van der Waals surface area (Å²) in [5, 5.41) is 19.7. The fraction of sp³-hybridized carbons (Fsp3) is 0.750. The SMILES string of the molecule is CCCCC(C(=O)NO)N1C(=O)C(O)=C(C(=O)C2CCCCC2)C1C1CC1. The van der Waals surface area contributed by atoms with E-state index in [4.69, 9.17) is 5.21 Å². The lowest BCUT2D eigenvalue weighted by molar-refractivity contribution is -0.144. The van der Waals surface area contributed by atoms with Crippen LogP contribution in [0, 0.1) is 11.8 Å². The first-order chi connectivity index (χ1) is 13.0. The quantitative estimate of drug-likeness (QED) is 0.445. The van der Waals surface area contributed by atoms with Gasteiger partial charge < -0.3 is 10.0 Å². The standard InChI is InChI=1S/C20H30N2O5/c1-2-3-9-14(19(25)21-27)22-16(12-10-11-12)15(18(24)20(22)26)17(23)13-7-5-4-6-8-13/h12-14,16,24,27H,2-11H2,1H3,(H,21,25). The summed E-state index contributed by atoms with van der Waals surface area (Å²) in [5.41, 5.74) is 1.87. The van der Waals surface area contributed by atoms with Crippen LogP contribution >= 0.6 is 0 Å². The van der Waals surface area contributed by atoms with E-state index in [1.165, 1.54) is 4.90 Å². The Morgan fingerprint density at radius 3 is 2.41 bits per heavy atom. The van der Waals surface area contributed by atoms with E-state index in [0.29, 0.717) is 12.8 Å². The number of nitrogens with one attached hydrogen (secondary N) is 1. The number of carbonyl (C=O) groups excluding carboxylic acids is 3. The molecule has 7 heteroatoms. The molecular weight excluding hydrogens is 348 g/mol. The van der Waals surface area contributed by atoms with Gasteiger partial charge in [0.05, 0.1) is 11.6 Å². The summed E-state index contributed by atoms with van der Waals surface area (Å²) in [5.74, 6) is -1.99. The summed E-state index contributed by atoms with van der Waals surface area (Å²) in [6, 6.07) is -1.43. The van der Waals surface area contributed by atoms with Crippen LogP contribution in [0.15, 0.2) is 11.3 Å². The minimum atomic E-state index is -0.883. The lowest BCUT2D eigenvalue weighted by atomic mass is 9.81. The van der Waals surface area contributed by atoms with Gasteiger partial charge in [-0.05, 0) is 38.0 Å². The van der Waals surface area contributed by atoms with E-state index in [2.05, 4.69) is 0 Å². The molecule has 0 bridgehead atoms. The van der Waals surface area contributed by atoms with Gasteiger partial charge in [0.2, 0.25) is 0 Å². The first kappa shape index (κ1) is 19.9. The predicted molar refractivity (Wildman–Crippen MR) is 97.8 cm³/mol. The summed E-state index contributed by atoms with van der Waals surface area (Å²) in [6.07, 6.45) is 8.32. The lowest BCUT2D eigenvalue weighted by Gasteiger charge is -2.33. The van der Waals surface area contributed by atoms with Gasteiger partial charge in [0.1, 0.15) is 6.04 Å². The molecule has 0 aromatic heterocycles. The zero-order valence-corrected chi connectivity index (χ0v) is 15.9. The number of carbonyl (C=O) groups is 3. The minimum Gasteiger partial charge on any atom is -0.503 e. The Hall–Kier alpha value is -1.89. The highest BCUT2D eigenvalue weighted by molar-refractivity contribution is 6.10.